The van der Waals surface area contributed by atoms with Crippen molar-refractivity contribution >= 4 is 46.2 Å². The molecule has 1 amide bonds. The topological polar surface area (TPSA) is 64.6 Å². The zero-order valence-electron chi connectivity index (χ0n) is 14.5. The predicted molar refractivity (Wildman–Crippen MR) is 107 cm³/mol. The number of carbonyl (C=O) groups excluding carboxylic acids is 2. The molecule has 0 saturated carbocycles. The molecule has 2 rings (SSSR count). The maximum atomic E-state index is 12.1. The lowest BCUT2D eigenvalue weighted by atomic mass is 10.1. The van der Waals surface area contributed by atoms with Gasteiger partial charge in [0.1, 0.15) is 11.5 Å². The van der Waals surface area contributed by atoms with Crippen molar-refractivity contribution in [3.8, 4) is 11.5 Å². The van der Waals surface area contributed by atoms with Gasteiger partial charge in [-0.25, -0.2) is 0 Å². The highest BCUT2D eigenvalue weighted by atomic mass is 32.1. The molecular formula is C19H19NO4S2. The van der Waals surface area contributed by atoms with E-state index in [2.05, 4.69) is 5.32 Å². The lowest BCUT2D eigenvalue weighted by Gasteiger charge is -2.09. The summed E-state index contributed by atoms with van der Waals surface area (Å²) >= 11 is 6.54. The van der Waals surface area contributed by atoms with E-state index in [1.54, 1.807) is 44.6 Å². The number of ketones is 1. The first-order valence-electron chi connectivity index (χ1n) is 7.80. The number of thiocarbonyl (C=S) groups is 1. The van der Waals surface area contributed by atoms with Crippen LogP contribution in [0.1, 0.15) is 21.7 Å². The normalized spacial score (nSPS) is 10.5. The summed E-state index contributed by atoms with van der Waals surface area (Å²) < 4.78 is 10.6. The molecule has 0 aliphatic rings. The van der Waals surface area contributed by atoms with E-state index in [0.29, 0.717) is 26.8 Å². The summed E-state index contributed by atoms with van der Waals surface area (Å²) in [5, 5.41) is 4.54. The van der Waals surface area contributed by atoms with Gasteiger partial charge in [-0.15, -0.1) is 11.3 Å². The summed E-state index contributed by atoms with van der Waals surface area (Å²) in [6.07, 6.45) is 3.16. The van der Waals surface area contributed by atoms with Crippen LogP contribution in [0.15, 0.2) is 41.8 Å². The van der Waals surface area contributed by atoms with Gasteiger partial charge in [-0.1, -0.05) is 24.4 Å². The number of benzene rings is 1. The molecule has 0 saturated heterocycles. The van der Waals surface area contributed by atoms with Crippen molar-refractivity contribution in [1.29, 1.82) is 0 Å². The van der Waals surface area contributed by atoms with Crippen molar-refractivity contribution in [3.63, 3.8) is 0 Å². The maximum absolute atomic E-state index is 12.1. The summed E-state index contributed by atoms with van der Waals surface area (Å²) in [7, 11) is 3.11. The van der Waals surface area contributed by atoms with Crippen LogP contribution < -0.4 is 14.8 Å². The molecule has 0 unspecified atom stereocenters. The van der Waals surface area contributed by atoms with E-state index in [9.17, 15) is 9.59 Å². The Hall–Kier alpha value is -2.51. The zero-order chi connectivity index (χ0) is 18.9. The van der Waals surface area contributed by atoms with Crippen molar-refractivity contribution in [2.45, 2.75) is 6.42 Å². The van der Waals surface area contributed by atoms with Gasteiger partial charge in [-0.3, -0.25) is 9.59 Å². The van der Waals surface area contributed by atoms with E-state index in [4.69, 9.17) is 21.7 Å². The summed E-state index contributed by atoms with van der Waals surface area (Å²) in [4.78, 5) is 25.1. The monoisotopic (exact) mass is 389 g/mol. The molecular weight excluding hydrogens is 370 g/mol. The minimum atomic E-state index is -0.191. The second-order valence-electron chi connectivity index (χ2n) is 5.25. The summed E-state index contributed by atoms with van der Waals surface area (Å²) in [5.41, 5.74) is 0.683. The zero-order valence-corrected chi connectivity index (χ0v) is 16.1. The first kappa shape index (κ1) is 19.8. The summed E-state index contributed by atoms with van der Waals surface area (Å²) in [6.45, 7) is 0.184. The van der Waals surface area contributed by atoms with Gasteiger partial charge in [0, 0.05) is 17.8 Å². The average molecular weight is 389 g/mol. The van der Waals surface area contributed by atoms with Crippen LogP contribution in [0.25, 0.3) is 6.08 Å². The molecule has 1 aromatic carbocycles. The van der Waals surface area contributed by atoms with Gasteiger partial charge in [0.25, 0.3) is 5.91 Å². The summed E-state index contributed by atoms with van der Waals surface area (Å²) in [5.74, 6) is 0.871. The van der Waals surface area contributed by atoms with Gasteiger partial charge in [0.15, 0.2) is 5.78 Å². The molecule has 0 atom stereocenters. The number of ether oxygens (including phenoxy) is 2. The minimum Gasteiger partial charge on any atom is -0.496 e. The molecule has 7 heteroatoms. The molecule has 1 N–H and O–H groups in total. The molecule has 0 aliphatic heterocycles. The minimum absolute atomic E-state index is 0.0774. The van der Waals surface area contributed by atoms with Gasteiger partial charge in [0.2, 0.25) is 0 Å². The third-order valence-corrected chi connectivity index (χ3v) is 4.62. The molecule has 0 bridgehead atoms. The maximum Gasteiger partial charge on any atom is 0.261 e. The quantitative estimate of drug-likeness (QED) is 0.525. The third kappa shape index (κ3) is 5.50. The molecule has 5 nitrogen and oxygen atoms in total. The number of allylic oxidation sites excluding steroid dienone is 1. The SMILES string of the molecule is COc1cccc(OC)c1/C=C/C(=O)CC(=S)CNC(=O)c1cccs1. The van der Waals surface area contributed by atoms with Crippen molar-refractivity contribution in [2.24, 2.45) is 0 Å². The molecule has 26 heavy (non-hydrogen) atoms. The highest BCUT2D eigenvalue weighted by Gasteiger charge is 2.10. The van der Waals surface area contributed by atoms with Crippen molar-refractivity contribution in [3.05, 3.63) is 52.2 Å². The molecule has 0 fully saturated rings. The Balaban J connectivity index is 1.91. The van der Waals surface area contributed by atoms with E-state index in [-0.39, 0.29) is 24.7 Å². The van der Waals surface area contributed by atoms with Crippen LogP contribution in [-0.2, 0) is 4.79 Å². The van der Waals surface area contributed by atoms with Crippen LogP contribution in [0.2, 0.25) is 0 Å². The standard InChI is InChI=1S/C19H19NO4S2/c1-23-16-5-3-6-17(24-2)15(16)9-8-13(21)11-14(25)12-20-19(22)18-7-4-10-26-18/h3-10H,11-12H2,1-2H3,(H,20,22)/b9-8+. The first-order valence-corrected chi connectivity index (χ1v) is 9.09. The van der Waals surface area contributed by atoms with Gasteiger partial charge in [-0.05, 0) is 35.7 Å². The van der Waals surface area contributed by atoms with E-state index in [1.807, 2.05) is 11.4 Å². The van der Waals surface area contributed by atoms with E-state index < -0.39 is 0 Å². The number of amides is 1. The van der Waals surface area contributed by atoms with Crippen LogP contribution in [0.4, 0.5) is 0 Å². The predicted octanol–water partition coefficient (Wildman–Crippen LogP) is 3.54. The molecule has 0 spiro atoms. The Bertz CT molecular complexity index is 791. The Morgan fingerprint density at radius 1 is 1.15 bits per heavy atom. The highest BCUT2D eigenvalue weighted by molar-refractivity contribution is 7.80. The van der Waals surface area contributed by atoms with Crippen LogP contribution in [0.5, 0.6) is 11.5 Å². The van der Waals surface area contributed by atoms with Crippen molar-refractivity contribution < 1.29 is 19.1 Å². The fraction of sp³-hybridized carbons (Fsp3) is 0.211. The molecule has 1 heterocycles. The largest absolute Gasteiger partial charge is 0.496 e. The Kier molecular flexibility index (Phi) is 7.50. The van der Waals surface area contributed by atoms with E-state index in [1.165, 1.54) is 17.4 Å². The number of hydrogen-bond acceptors (Lipinski definition) is 6. The Labute approximate surface area is 161 Å². The van der Waals surface area contributed by atoms with Crippen LogP contribution >= 0.6 is 23.6 Å². The molecule has 136 valence electrons. The highest BCUT2D eigenvalue weighted by Crippen LogP contribution is 2.29. The van der Waals surface area contributed by atoms with E-state index in [0.717, 1.165) is 0 Å². The third-order valence-electron chi connectivity index (χ3n) is 3.46. The fourth-order valence-corrected chi connectivity index (χ4v) is 3.06. The van der Waals surface area contributed by atoms with E-state index >= 15 is 0 Å². The molecule has 0 radical (unpaired) electrons. The average Bonchev–Trinajstić information content (AvgIpc) is 3.18. The van der Waals surface area contributed by atoms with Crippen molar-refractivity contribution in [1.82, 2.24) is 5.32 Å². The lowest BCUT2D eigenvalue weighted by molar-refractivity contribution is -0.113. The van der Waals surface area contributed by atoms with Crippen LogP contribution in [-0.4, -0.2) is 37.3 Å². The molecule has 0 aliphatic carbocycles. The van der Waals surface area contributed by atoms with Gasteiger partial charge in [0.05, 0.1) is 24.7 Å². The van der Waals surface area contributed by atoms with Crippen molar-refractivity contribution in [2.75, 3.05) is 20.8 Å². The van der Waals surface area contributed by atoms with Crippen LogP contribution in [0.3, 0.4) is 0 Å². The number of rotatable bonds is 9. The Morgan fingerprint density at radius 3 is 2.42 bits per heavy atom. The smallest absolute Gasteiger partial charge is 0.261 e. The Morgan fingerprint density at radius 2 is 1.85 bits per heavy atom. The lowest BCUT2D eigenvalue weighted by Crippen LogP contribution is -2.28. The fourth-order valence-electron chi connectivity index (χ4n) is 2.21. The number of nitrogens with one attached hydrogen (secondary N) is 1. The molecule has 1 aromatic heterocycles. The molecule has 2 aromatic rings. The second-order valence-corrected chi connectivity index (χ2v) is 6.78. The van der Waals surface area contributed by atoms with Gasteiger partial charge in [-0.2, -0.15) is 0 Å². The number of carbonyl (C=O) groups is 2. The van der Waals surface area contributed by atoms with Gasteiger partial charge >= 0.3 is 0 Å². The second kappa shape index (κ2) is 9.84. The van der Waals surface area contributed by atoms with Gasteiger partial charge < -0.3 is 14.8 Å². The number of thiophene rings is 1. The summed E-state index contributed by atoms with van der Waals surface area (Å²) in [6, 6.07) is 8.92. The van der Waals surface area contributed by atoms with Crippen LogP contribution in [0, 0.1) is 0 Å². The number of hydrogen-bond donors (Lipinski definition) is 1. The number of methoxy groups -OCH3 is 2. The first-order chi connectivity index (χ1) is 12.5.